The maximum atomic E-state index is 12.4. The van der Waals surface area contributed by atoms with Crippen molar-refractivity contribution >= 4 is 35.5 Å². The Hall–Kier alpha value is -2.64. The topological polar surface area (TPSA) is 61.8 Å². The molecule has 0 atom stereocenters. The van der Waals surface area contributed by atoms with E-state index in [1.165, 1.54) is 0 Å². The largest absolute Gasteiger partial charge is 0.473 e. The monoisotopic (exact) mass is 542 g/mol. The summed E-state index contributed by atoms with van der Waals surface area (Å²) in [6.07, 6.45) is 8.86. The fraction of sp³-hybridized carbons (Fsp3) is 0.400. The fourth-order valence-corrected chi connectivity index (χ4v) is 4.87. The third-order valence-corrected chi connectivity index (χ3v) is 6.66. The first-order valence-electron chi connectivity index (χ1n) is 12.3. The number of benzene rings is 2. The van der Waals surface area contributed by atoms with Gasteiger partial charge in [0.15, 0.2) is 0 Å². The van der Waals surface area contributed by atoms with Crippen LogP contribution in [0, 0.1) is 0 Å². The molecule has 0 spiro atoms. The minimum Gasteiger partial charge on any atom is -0.473 e. The molecular weight excluding hydrogens is 504 g/mol. The van der Waals surface area contributed by atoms with Gasteiger partial charge in [0, 0.05) is 21.3 Å². The Morgan fingerprint density at radius 1 is 0.676 bits per heavy atom. The predicted octanol–water partition coefficient (Wildman–Crippen LogP) is 8.31. The number of thioether (sulfide) groups is 2. The number of hydrogen-bond acceptors (Lipinski definition) is 7. The molecule has 0 radical (unpaired) electrons. The summed E-state index contributed by atoms with van der Waals surface area (Å²) in [6, 6.07) is 15.0. The fourth-order valence-electron chi connectivity index (χ4n) is 2.95. The van der Waals surface area contributed by atoms with Gasteiger partial charge >= 0.3 is 11.9 Å². The van der Waals surface area contributed by atoms with Gasteiger partial charge in [0.2, 0.25) is 0 Å². The van der Waals surface area contributed by atoms with Crippen molar-refractivity contribution < 1.29 is 23.8 Å². The molecule has 37 heavy (non-hydrogen) atoms. The number of esters is 2. The Morgan fingerprint density at radius 3 is 1.43 bits per heavy atom. The summed E-state index contributed by atoms with van der Waals surface area (Å²) in [5, 5.41) is 0. The molecule has 2 aromatic carbocycles. The lowest BCUT2D eigenvalue weighted by Gasteiger charge is -2.20. The number of ether oxygens (including phenoxy) is 3. The van der Waals surface area contributed by atoms with Gasteiger partial charge in [-0.15, -0.1) is 23.5 Å². The van der Waals surface area contributed by atoms with E-state index < -0.39 is 11.2 Å². The van der Waals surface area contributed by atoms with Gasteiger partial charge in [-0.3, -0.25) is 0 Å². The summed E-state index contributed by atoms with van der Waals surface area (Å²) in [7, 11) is 0. The highest BCUT2D eigenvalue weighted by Gasteiger charge is 2.21. The van der Waals surface area contributed by atoms with Crippen LogP contribution >= 0.6 is 23.5 Å². The molecule has 0 unspecified atom stereocenters. The van der Waals surface area contributed by atoms with Crippen molar-refractivity contribution in [2.24, 2.45) is 0 Å². The quantitative estimate of drug-likeness (QED) is 0.116. The first-order valence-corrected chi connectivity index (χ1v) is 14.3. The molecule has 200 valence electrons. The molecule has 0 fully saturated rings. The van der Waals surface area contributed by atoms with E-state index in [2.05, 4.69) is 0 Å². The van der Waals surface area contributed by atoms with Crippen LogP contribution in [0.25, 0.3) is 0 Å². The van der Waals surface area contributed by atoms with E-state index in [0.29, 0.717) is 11.1 Å². The molecule has 0 N–H and O–H groups in total. The molecule has 7 heteroatoms. The summed E-state index contributed by atoms with van der Waals surface area (Å²) in [5.41, 5.74) is 0.145. The van der Waals surface area contributed by atoms with Crippen molar-refractivity contribution in [1.82, 2.24) is 0 Å². The van der Waals surface area contributed by atoms with Crippen LogP contribution in [0.4, 0.5) is 0 Å². The van der Waals surface area contributed by atoms with E-state index in [1.807, 2.05) is 90.1 Å². The van der Waals surface area contributed by atoms with Crippen LogP contribution in [0.15, 0.2) is 83.0 Å². The van der Waals surface area contributed by atoms with Crippen LogP contribution in [0.2, 0.25) is 0 Å². The SMILES string of the molecule is CC(C)(C)OC(=O)c1ccccc1SCCC=COC=CCCSc1ccccc1C(=O)OC(C)(C)C. The molecule has 0 bridgehead atoms. The zero-order chi connectivity index (χ0) is 27.3. The smallest absolute Gasteiger partial charge is 0.339 e. The van der Waals surface area contributed by atoms with Crippen LogP contribution < -0.4 is 0 Å². The van der Waals surface area contributed by atoms with E-state index in [4.69, 9.17) is 14.2 Å². The van der Waals surface area contributed by atoms with E-state index in [0.717, 1.165) is 34.1 Å². The van der Waals surface area contributed by atoms with Crippen LogP contribution in [-0.2, 0) is 14.2 Å². The third kappa shape index (κ3) is 12.4. The molecule has 0 saturated carbocycles. The van der Waals surface area contributed by atoms with E-state index in [-0.39, 0.29) is 11.9 Å². The number of carbonyl (C=O) groups is 2. The van der Waals surface area contributed by atoms with Crippen molar-refractivity contribution in [3.8, 4) is 0 Å². The second kappa shape index (κ2) is 14.9. The second-order valence-electron chi connectivity index (χ2n) is 10.2. The molecule has 0 aromatic heterocycles. The maximum absolute atomic E-state index is 12.4. The second-order valence-corrected chi connectivity index (χ2v) is 12.4. The van der Waals surface area contributed by atoms with Crippen LogP contribution in [-0.4, -0.2) is 34.6 Å². The summed E-state index contributed by atoms with van der Waals surface area (Å²) >= 11 is 3.24. The number of hydrogen-bond donors (Lipinski definition) is 0. The van der Waals surface area contributed by atoms with Crippen molar-refractivity contribution in [2.45, 2.75) is 75.4 Å². The molecule has 0 aliphatic rings. The van der Waals surface area contributed by atoms with Gasteiger partial charge in [-0.2, -0.15) is 0 Å². The predicted molar refractivity (Wildman–Crippen MR) is 153 cm³/mol. The third-order valence-electron chi connectivity index (χ3n) is 4.45. The highest BCUT2D eigenvalue weighted by molar-refractivity contribution is 7.99. The molecule has 0 saturated heterocycles. The Bertz CT molecular complexity index is 992. The number of rotatable bonds is 12. The zero-order valence-corrected chi connectivity index (χ0v) is 24.2. The molecule has 0 heterocycles. The Kier molecular flexibility index (Phi) is 12.3. The lowest BCUT2D eigenvalue weighted by Crippen LogP contribution is -2.24. The first-order chi connectivity index (χ1) is 17.5. The van der Waals surface area contributed by atoms with Crippen LogP contribution in [0.1, 0.15) is 75.1 Å². The van der Waals surface area contributed by atoms with Gasteiger partial charge < -0.3 is 14.2 Å². The molecular formula is C30H38O5S2. The summed E-state index contributed by atoms with van der Waals surface area (Å²) in [5.74, 6) is 1.03. The van der Waals surface area contributed by atoms with E-state index in [9.17, 15) is 9.59 Å². The first kappa shape index (κ1) is 30.6. The van der Waals surface area contributed by atoms with E-state index >= 15 is 0 Å². The standard InChI is InChI=1S/C30H38O5S2/c1-29(2,3)34-27(31)23-15-7-9-17-25(23)36-21-13-11-19-33-20-12-14-22-37-26-18-10-8-16-24(26)28(32)35-30(4,5)6/h7-12,15-20H,13-14,21-22H2,1-6H3. The van der Waals surface area contributed by atoms with E-state index in [1.54, 1.807) is 48.2 Å². The van der Waals surface area contributed by atoms with Crippen LogP contribution in [0.3, 0.4) is 0 Å². The summed E-state index contributed by atoms with van der Waals surface area (Å²) < 4.78 is 16.5. The lowest BCUT2D eigenvalue weighted by molar-refractivity contribution is 0.00531. The summed E-state index contributed by atoms with van der Waals surface area (Å²) in [4.78, 5) is 26.7. The minimum absolute atomic E-state index is 0.300. The van der Waals surface area contributed by atoms with Gasteiger partial charge in [-0.1, -0.05) is 24.3 Å². The molecule has 0 aliphatic carbocycles. The molecule has 2 rings (SSSR count). The molecule has 2 aromatic rings. The van der Waals surface area contributed by atoms with Crippen molar-refractivity contribution in [2.75, 3.05) is 11.5 Å². The maximum Gasteiger partial charge on any atom is 0.339 e. The lowest BCUT2D eigenvalue weighted by atomic mass is 10.1. The van der Waals surface area contributed by atoms with Gasteiger partial charge in [0.05, 0.1) is 23.7 Å². The normalized spacial score (nSPS) is 12.2. The Labute approximate surface area is 230 Å². The highest BCUT2D eigenvalue weighted by Crippen LogP contribution is 2.26. The summed E-state index contributed by atoms with van der Waals surface area (Å²) in [6.45, 7) is 11.2. The number of allylic oxidation sites excluding steroid dienone is 2. The Morgan fingerprint density at radius 2 is 1.05 bits per heavy atom. The molecule has 0 amide bonds. The average Bonchev–Trinajstić information content (AvgIpc) is 2.81. The van der Waals surface area contributed by atoms with Gasteiger partial charge in [0.25, 0.3) is 0 Å². The van der Waals surface area contributed by atoms with Gasteiger partial charge in [-0.25, -0.2) is 9.59 Å². The highest BCUT2D eigenvalue weighted by atomic mass is 32.2. The minimum atomic E-state index is -0.522. The Balaban J connectivity index is 1.69. The van der Waals surface area contributed by atoms with Gasteiger partial charge in [0.1, 0.15) is 11.2 Å². The van der Waals surface area contributed by atoms with Gasteiger partial charge in [-0.05, 0) is 90.8 Å². The zero-order valence-electron chi connectivity index (χ0n) is 22.6. The van der Waals surface area contributed by atoms with Crippen molar-refractivity contribution in [3.05, 3.63) is 84.3 Å². The molecule has 5 nitrogen and oxygen atoms in total. The van der Waals surface area contributed by atoms with Crippen molar-refractivity contribution in [3.63, 3.8) is 0 Å². The molecule has 0 aliphatic heterocycles. The average molecular weight is 543 g/mol. The van der Waals surface area contributed by atoms with Crippen molar-refractivity contribution in [1.29, 1.82) is 0 Å². The van der Waals surface area contributed by atoms with Crippen LogP contribution in [0.5, 0.6) is 0 Å². The number of carbonyl (C=O) groups excluding carboxylic acids is 2.